The van der Waals surface area contributed by atoms with Crippen LogP contribution in [0.25, 0.3) is 0 Å². The molecule has 0 amide bonds. The second kappa shape index (κ2) is 7.84. The van der Waals surface area contributed by atoms with Gasteiger partial charge in [0, 0.05) is 12.5 Å². The van der Waals surface area contributed by atoms with Gasteiger partial charge in [0.1, 0.15) is 0 Å². The molecular formula is C18H29NO3. The van der Waals surface area contributed by atoms with Gasteiger partial charge in [-0.05, 0) is 50.6 Å². The Morgan fingerprint density at radius 1 is 1.14 bits per heavy atom. The minimum absolute atomic E-state index is 0.202. The Morgan fingerprint density at radius 2 is 1.82 bits per heavy atom. The van der Waals surface area contributed by atoms with E-state index in [2.05, 4.69) is 31.1 Å². The van der Waals surface area contributed by atoms with Gasteiger partial charge < -0.3 is 19.5 Å². The van der Waals surface area contributed by atoms with Crippen molar-refractivity contribution in [3.63, 3.8) is 0 Å². The smallest absolute Gasteiger partial charge is 0.160 e. The molecule has 2 rings (SSSR count). The second-order valence-corrected chi connectivity index (χ2v) is 6.50. The lowest BCUT2D eigenvalue weighted by molar-refractivity contribution is 0.0493. The first-order chi connectivity index (χ1) is 10.6. The molecule has 0 radical (unpaired) electrons. The molecule has 1 aromatic carbocycles. The zero-order chi connectivity index (χ0) is 16.1. The Hall–Kier alpha value is -1.26. The van der Waals surface area contributed by atoms with Crippen LogP contribution in [0.15, 0.2) is 18.2 Å². The van der Waals surface area contributed by atoms with Crippen molar-refractivity contribution in [1.29, 1.82) is 0 Å². The van der Waals surface area contributed by atoms with Crippen molar-refractivity contribution in [2.24, 2.45) is 5.92 Å². The van der Waals surface area contributed by atoms with Crippen LogP contribution < -0.4 is 9.47 Å². The number of rotatable bonds is 6. The number of aliphatic hydroxyl groups excluding tert-OH is 1. The van der Waals surface area contributed by atoms with Crippen LogP contribution in [-0.2, 0) is 0 Å². The molecule has 22 heavy (non-hydrogen) atoms. The Balaban J connectivity index is 2.32. The van der Waals surface area contributed by atoms with Gasteiger partial charge in [-0.25, -0.2) is 0 Å². The van der Waals surface area contributed by atoms with Crippen LogP contribution in [0.1, 0.15) is 37.2 Å². The highest BCUT2D eigenvalue weighted by Crippen LogP contribution is 2.39. The van der Waals surface area contributed by atoms with Gasteiger partial charge >= 0.3 is 0 Å². The lowest BCUT2D eigenvalue weighted by atomic mass is 9.74. The molecule has 3 atom stereocenters. The van der Waals surface area contributed by atoms with Crippen LogP contribution in [0.4, 0.5) is 0 Å². The summed E-state index contributed by atoms with van der Waals surface area (Å²) in [6, 6.07) is 6.14. The molecule has 1 unspecified atom stereocenters. The van der Waals surface area contributed by atoms with E-state index in [-0.39, 0.29) is 6.10 Å². The summed E-state index contributed by atoms with van der Waals surface area (Å²) in [5.74, 6) is 2.13. The summed E-state index contributed by atoms with van der Waals surface area (Å²) in [5, 5.41) is 10.5. The summed E-state index contributed by atoms with van der Waals surface area (Å²) >= 11 is 0. The number of nitrogens with zero attached hydrogens (tertiary/aromatic N) is 1. The van der Waals surface area contributed by atoms with Crippen LogP contribution in [0.5, 0.6) is 11.5 Å². The maximum atomic E-state index is 10.5. The van der Waals surface area contributed by atoms with Crippen LogP contribution in [0, 0.1) is 5.92 Å². The van der Waals surface area contributed by atoms with Crippen LogP contribution in [-0.4, -0.2) is 51.0 Å². The zero-order valence-corrected chi connectivity index (χ0v) is 14.2. The number of methoxy groups -OCH3 is 2. The van der Waals surface area contributed by atoms with Gasteiger partial charge in [0.15, 0.2) is 11.5 Å². The Morgan fingerprint density at radius 3 is 2.41 bits per heavy atom. The van der Waals surface area contributed by atoms with E-state index < -0.39 is 0 Å². The van der Waals surface area contributed by atoms with Gasteiger partial charge in [-0.3, -0.25) is 0 Å². The molecule has 1 N–H and O–H groups in total. The first-order valence-corrected chi connectivity index (χ1v) is 8.11. The normalized spacial score (nSPS) is 23.4. The van der Waals surface area contributed by atoms with Crippen molar-refractivity contribution in [2.45, 2.75) is 37.7 Å². The molecule has 0 spiro atoms. The van der Waals surface area contributed by atoms with Gasteiger partial charge in [0.25, 0.3) is 0 Å². The van der Waals surface area contributed by atoms with Gasteiger partial charge in [-0.2, -0.15) is 0 Å². The molecule has 0 aromatic heterocycles. The molecule has 0 saturated heterocycles. The van der Waals surface area contributed by atoms with Gasteiger partial charge in [-0.15, -0.1) is 0 Å². The largest absolute Gasteiger partial charge is 0.493 e. The SMILES string of the molecule is COc1ccc(C(CN(C)C)[C@H]2CCCC[C@@H]2O)cc1OC. The molecule has 0 aliphatic heterocycles. The highest BCUT2D eigenvalue weighted by atomic mass is 16.5. The van der Waals surface area contributed by atoms with E-state index in [9.17, 15) is 5.11 Å². The molecule has 1 aliphatic carbocycles. The third-order valence-corrected chi connectivity index (χ3v) is 4.70. The fourth-order valence-corrected chi connectivity index (χ4v) is 3.57. The summed E-state index contributed by atoms with van der Waals surface area (Å²) < 4.78 is 10.8. The van der Waals surface area contributed by atoms with E-state index in [4.69, 9.17) is 9.47 Å². The predicted octanol–water partition coefficient (Wildman–Crippen LogP) is 2.90. The van der Waals surface area contributed by atoms with Crippen molar-refractivity contribution in [3.05, 3.63) is 23.8 Å². The van der Waals surface area contributed by atoms with E-state index >= 15 is 0 Å². The lowest BCUT2D eigenvalue weighted by Gasteiger charge is -2.36. The first kappa shape index (κ1) is 17.1. The molecule has 1 aliphatic rings. The topological polar surface area (TPSA) is 41.9 Å². The Bertz CT molecular complexity index is 475. The maximum absolute atomic E-state index is 10.5. The Labute approximate surface area is 134 Å². The molecule has 1 fully saturated rings. The second-order valence-electron chi connectivity index (χ2n) is 6.50. The lowest BCUT2D eigenvalue weighted by Crippen LogP contribution is -2.35. The standard InChI is InChI=1S/C18H29NO3/c1-19(2)12-15(14-7-5-6-8-16(14)20)13-9-10-17(21-3)18(11-13)22-4/h9-11,14-16,20H,5-8,12H2,1-4H3/t14-,15?,16+/m1/s1. The van der Waals surface area contributed by atoms with Crippen LogP contribution in [0.2, 0.25) is 0 Å². The number of ether oxygens (including phenoxy) is 2. The predicted molar refractivity (Wildman–Crippen MR) is 88.8 cm³/mol. The van der Waals surface area contributed by atoms with Gasteiger partial charge in [0.05, 0.1) is 20.3 Å². The van der Waals surface area contributed by atoms with E-state index in [1.165, 1.54) is 12.0 Å². The van der Waals surface area contributed by atoms with Crippen LogP contribution in [0.3, 0.4) is 0 Å². The number of likely N-dealkylation sites (N-methyl/N-ethyl adjacent to an activating group) is 1. The molecule has 1 aromatic rings. The third-order valence-electron chi connectivity index (χ3n) is 4.70. The Kier molecular flexibility index (Phi) is 6.09. The average Bonchev–Trinajstić information content (AvgIpc) is 2.52. The summed E-state index contributed by atoms with van der Waals surface area (Å²) in [6.45, 7) is 0.928. The van der Waals surface area contributed by atoms with Crippen molar-refractivity contribution < 1.29 is 14.6 Å². The van der Waals surface area contributed by atoms with Crippen molar-refractivity contribution in [2.75, 3.05) is 34.9 Å². The summed E-state index contributed by atoms with van der Waals surface area (Å²) in [7, 11) is 7.49. The molecule has 4 heteroatoms. The van der Waals surface area contributed by atoms with Crippen LogP contribution >= 0.6 is 0 Å². The summed E-state index contributed by atoms with van der Waals surface area (Å²) in [4.78, 5) is 2.20. The zero-order valence-electron chi connectivity index (χ0n) is 14.2. The fraction of sp³-hybridized carbons (Fsp3) is 0.667. The number of benzene rings is 1. The van der Waals surface area contributed by atoms with Gasteiger partial charge in [-0.1, -0.05) is 18.9 Å². The number of hydrogen-bond donors (Lipinski definition) is 1. The fourth-order valence-electron chi connectivity index (χ4n) is 3.57. The highest BCUT2D eigenvalue weighted by molar-refractivity contribution is 5.44. The highest BCUT2D eigenvalue weighted by Gasteiger charge is 2.32. The van der Waals surface area contributed by atoms with E-state index in [1.807, 2.05) is 6.07 Å². The van der Waals surface area contributed by atoms with Crippen molar-refractivity contribution >= 4 is 0 Å². The van der Waals surface area contributed by atoms with Crippen molar-refractivity contribution in [3.8, 4) is 11.5 Å². The van der Waals surface area contributed by atoms with E-state index in [0.717, 1.165) is 37.3 Å². The molecule has 1 saturated carbocycles. The minimum atomic E-state index is -0.202. The van der Waals surface area contributed by atoms with Gasteiger partial charge in [0.2, 0.25) is 0 Å². The first-order valence-electron chi connectivity index (χ1n) is 8.11. The third kappa shape index (κ3) is 3.93. The molecule has 0 bridgehead atoms. The molecular weight excluding hydrogens is 278 g/mol. The minimum Gasteiger partial charge on any atom is -0.493 e. The molecule has 4 nitrogen and oxygen atoms in total. The number of hydrogen-bond acceptors (Lipinski definition) is 4. The molecule has 124 valence electrons. The number of aliphatic hydroxyl groups is 1. The maximum Gasteiger partial charge on any atom is 0.160 e. The monoisotopic (exact) mass is 307 g/mol. The summed E-state index contributed by atoms with van der Waals surface area (Å²) in [6.07, 6.45) is 4.15. The van der Waals surface area contributed by atoms with E-state index in [0.29, 0.717) is 11.8 Å². The average molecular weight is 307 g/mol. The summed E-state index contributed by atoms with van der Waals surface area (Å²) in [5.41, 5.74) is 1.22. The quantitative estimate of drug-likeness (QED) is 0.877. The molecule has 0 heterocycles. The van der Waals surface area contributed by atoms with Crippen molar-refractivity contribution in [1.82, 2.24) is 4.90 Å². The van der Waals surface area contributed by atoms with E-state index in [1.54, 1.807) is 14.2 Å².